The molecule has 5 nitrogen and oxygen atoms in total. The Bertz CT molecular complexity index is 969. The molecule has 26 heavy (non-hydrogen) atoms. The van der Waals surface area contributed by atoms with Gasteiger partial charge in [0.25, 0.3) is 15.9 Å². The minimum Gasteiger partial charge on any atom is -0.352 e. The van der Waals surface area contributed by atoms with E-state index >= 15 is 0 Å². The molecule has 0 aliphatic heterocycles. The summed E-state index contributed by atoms with van der Waals surface area (Å²) in [7, 11) is -3.68. The average molecular weight is 386 g/mol. The first kappa shape index (κ1) is 18.2. The van der Waals surface area contributed by atoms with Gasteiger partial charge in [-0.05, 0) is 48.2 Å². The minimum absolute atomic E-state index is 0.172. The van der Waals surface area contributed by atoms with Gasteiger partial charge in [0.2, 0.25) is 0 Å². The monoisotopic (exact) mass is 386 g/mol. The third-order valence-corrected chi connectivity index (χ3v) is 6.00. The SMILES string of the molecule is O=C(NCCc1cccs1)c1cccc(NS(=O)(=O)c2ccccc2)c1. The van der Waals surface area contributed by atoms with Crippen LogP contribution in [0.2, 0.25) is 0 Å². The van der Waals surface area contributed by atoms with Gasteiger partial charge in [-0.3, -0.25) is 9.52 Å². The molecule has 134 valence electrons. The Labute approximate surface area is 156 Å². The number of carbonyl (C=O) groups is 1. The topological polar surface area (TPSA) is 75.3 Å². The Kier molecular flexibility index (Phi) is 5.70. The van der Waals surface area contributed by atoms with Gasteiger partial charge in [-0.2, -0.15) is 0 Å². The summed E-state index contributed by atoms with van der Waals surface area (Å²) in [5, 5.41) is 4.85. The first-order chi connectivity index (χ1) is 12.5. The predicted molar refractivity (Wildman–Crippen MR) is 104 cm³/mol. The average Bonchev–Trinajstić information content (AvgIpc) is 3.16. The van der Waals surface area contributed by atoms with Gasteiger partial charge < -0.3 is 5.32 Å². The van der Waals surface area contributed by atoms with Gasteiger partial charge in [0.15, 0.2) is 0 Å². The lowest BCUT2D eigenvalue weighted by Crippen LogP contribution is -2.25. The summed E-state index contributed by atoms with van der Waals surface area (Å²) in [5.41, 5.74) is 0.754. The van der Waals surface area contributed by atoms with Crippen LogP contribution >= 0.6 is 11.3 Å². The molecule has 2 aromatic carbocycles. The van der Waals surface area contributed by atoms with Gasteiger partial charge in [0, 0.05) is 22.7 Å². The highest BCUT2D eigenvalue weighted by atomic mass is 32.2. The van der Waals surface area contributed by atoms with E-state index in [1.165, 1.54) is 23.1 Å². The van der Waals surface area contributed by atoms with E-state index in [0.29, 0.717) is 17.8 Å². The van der Waals surface area contributed by atoms with Gasteiger partial charge in [0.1, 0.15) is 0 Å². The van der Waals surface area contributed by atoms with Crippen molar-refractivity contribution in [2.24, 2.45) is 0 Å². The fourth-order valence-electron chi connectivity index (χ4n) is 2.39. The number of sulfonamides is 1. The number of amides is 1. The second kappa shape index (κ2) is 8.16. The van der Waals surface area contributed by atoms with E-state index in [1.54, 1.807) is 47.7 Å². The molecular formula is C19H18N2O3S2. The molecule has 2 N–H and O–H groups in total. The third kappa shape index (κ3) is 4.71. The minimum atomic E-state index is -3.68. The summed E-state index contributed by atoms with van der Waals surface area (Å²) in [5.74, 6) is -0.234. The van der Waals surface area contributed by atoms with Gasteiger partial charge in [-0.25, -0.2) is 8.42 Å². The van der Waals surface area contributed by atoms with Crippen LogP contribution in [0.5, 0.6) is 0 Å². The lowest BCUT2D eigenvalue weighted by atomic mass is 10.2. The van der Waals surface area contributed by atoms with E-state index in [4.69, 9.17) is 0 Å². The highest BCUT2D eigenvalue weighted by Crippen LogP contribution is 2.17. The Morgan fingerprint density at radius 1 is 0.962 bits per heavy atom. The van der Waals surface area contributed by atoms with Gasteiger partial charge >= 0.3 is 0 Å². The summed E-state index contributed by atoms with van der Waals surface area (Å²) >= 11 is 1.65. The van der Waals surface area contributed by atoms with E-state index in [9.17, 15) is 13.2 Å². The fraction of sp³-hybridized carbons (Fsp3) is 0.105. The maximum Gasteiger partial charge on any atom is 0.261 e. The zero-order valence-electron chi connectivity index (χ0n) is 13.9. The molecule has 0 saturated heterocycles. The van der Waals surface area contributed by atoms with E-state index in [-0.39, 0.29) is 10.8 Å². The highest BCUT2D eigenvalue weighted by Gasteiger charge is 2.14. The summed E-state index contributed by atoms with van der Waals surface area (Å²) in [6.45, 7) is 0.527. The molecule has 0 aliphatic carbocycles. The van der Waals surface area contributed by atoms with Crippen LogP contribution in [0.1, 0.15) is 15.2 Å². The highest BCUT2D eigenvalue weighted by molar-refractivity contribution is 7.92. The Morgan fingerprint density at radius 3 is 2.50 bits per heavy atom. The molecule has 3 rings (SSSR count). The first-order valence-corrected chi connectivity index (χ1v) is 10.4. The van der Waals surface area contributed by atoms with E-state index in [2.05, 4.69) is 10.0 Å². The van der Waals surface area contributed by atoms with Crippen LogP contribution in [0, 0.1) is 0 Å². The molecule has 3 aromatic rings. The normalized spacial score (nSPS) is 11.1. The molecule has 0 atom stereocenters. The molecule has 0 aliphatic rings. The van der Waals surface area contributed by atoms with Crippen LogP contribution in [0.3, 0.4) is 0 Å². The number of anilines is 1. The molecule has 0 radical (unpaired) electrons. The lowest BCUT2D eigenvalue weighted by molar-refractivity contribution is 0.0954. The molecule has 1 heterocycles. The summed E-state index contributed by atoms with van der Waals surface area (Å²) < 4.78 is 27.3. The van der Waals surface area contributed by atoms with Gasteiger partial charge in [0.05, 0.1) is 4.90 Å². The van der Waals surface area contributed by atoms with Gasteiger partial charge in [-0.1, -0.05) is 30.3 Å². The molecule has 0 spiro atoms. The van der Waals surface area contributed by atoms with Crippen LogP contribution in [0.25, 0.3) is 0 Å². The maximum atomic E-state index is 12.4. The lowest BCUT2D eigenvalue weighted by Gasteiger charge is -2.10. The smallest absolute Gasteiger partial charge is 0.261 e. The van der Waals surface area contributed by atoms with Crippen LogP contribution < -0.4 is 10.0 Å². The maximum absolute atomic E-state index is 12.4. The molecule has 0 fully saturated rings. The third-order valence-electron chi connectivity index (χ3n) is 3.67. The zero-order chi connectivity index (χ0) is 18.4. The number of thiophene rings is 1. The van der Waals surface area contributed by atoms with E-state index in [1.807, 2.05) is 17.5 Å². The second-order valence-corrected chi connectivity index (χ2v) is 8.30. The Morgan fingerprint density at radius 2 is 1.77 bits per heavy atom. The summed E-state index contributed by atoms with van der Waals surface area (Å²) in [6, 6.07) is 18.5. The van der Waals surface area contributed by atoms with Crippen molar-refractivity contribution in [2.45, 2.75) is 11.3 Å². The molecule has 0 bridgehead atoms. The number of nitrogens with one attached hydrogen (secondary N) is 2. The summed E-state index contributed by atoms with van der Waals surface area (Å²) in [6.07, 6.45) is 0.768. The number of benzene rings is 2. The summed E-state index contributed by atoms with van der Waals surface area (Å²) in [4.78, 5) is 13.7. The zero-order valence-corrected chi connectivity index (χ0v) is 15.5. The molecule has 0 saturated carbocycles. The molecule has 7 heteroatoms. The predicted octanol–water partition coefficient (Wildman–Crippen LogP) is 3.52. The van der Waals surface area contributed by atoms with E-state index in [0.717, 1.165) is 6.42 Å². The van der Waals surface area contributed by atoms with Crippen LogP contribution in [-0.2, 0) is 16.4 Å². The first-order valence-electron chi connectivity index (χ1n) is 8.03. The van der Waals surface area contributed by atoms with Crippen molar-refractivity contribution in [3.05, 3.63) is 82.6 Å². The molecule has 1 amide bonds. The van der Waals surface area contributed by atoms with Crippen LogP contribution in [0.4, 0.5) is 5.69 Å². The number of rotatable bonds is 7. The van der Waals surface area contributed by atoms with Crippen molar-refractivity contribution in [1.82, 2.24) is 5.32 Å². The van der Waals surface area contributed by atoms with Crippen molar-refractivity contribution in [1.29, 1.82) is 0 Å². The van der Waals surface area contributed by atoms with E-state index < -0.39 is 10.0 Å². The standard InChI is InChI=1S/C19H18N2O3S2/c22-19(20-12-11-17-8-5-13-25-17)15-6-4-7-16(14-15)21-26(23,24)18-9-2-1-3-10-18/h1-10,13-14,21H,11-12H2,(H,20,22). The fourth-order valence-corrected chi connectivity index (χ4v) is 4.17. The van der Waals surface area contributed by atoms with Crippen molar-refractivity contribution in [3.8, 4) is 0 Å². The molecule has 1 aromatic heterocycles. The van der Waals surface area contributed by atoms with Crippen molar-refractivity contribution >= 4 is 33.0 Å². The number of carbonyl (C=O) groups excluding carboxylic acids is 1. The van der Waals surface area contributed by atoms with Gasteiger partial charge in [-0.15, -0.1) is 11.3 Å². The Balaban J connectivity index is 1.65. The van der Waals surface area contributed by atoms with Crippen LogP contribution in [-0.4, -0.2) is 20.9 Å². The quantitative estimate of drug-likeness (QED) is 0.652. The van der Waals surface area contributed by atoms with Crippen molar-refractivity contribution < 1.29 is 13.2 Å². The number of hydrogen-bond donors (Lipinski definition) is 2. The Hall–Kier alpha value is -2.64. The second-order valence-electron chi connectivity index (χ2n) is 5.58. The molecular weight excluding hydrogens is 368 g/mol. The van der Waals surface area contributed by atoms with Crippen molar-refractivity contribution in [2.75, 3.05) is 11.3 Å². The van der Waals surface area contributed by atoms with Crippen LogP contribution in [0.15, 0.2) is 77.0 Å². The largest absolute Gasteiger partial charge is 0.352 e. The number of hydrogen-bond acceptors (Lipinski definition) is 4. The van der Waals surface area contributed by atoms with Crippen molar-refractivity contribution in [3.63, 3.8) is 0 Å². The molecule has 0 unspecified atom stereocenters.